The molecule has 0 radical (unpaired) electrons. The first-order valence-electron chi connectivity index (χ1n) is 7.43. The number of alkyl halides is 3. The van der Waals surface area contributed by atoms with Gasteiger partial charge in [-0.25, -0.2) is 9.07 Å². The Bertz CT molecular complexity index is 777. The normalized spacial score (nSPS) is 12.3. The van der Waals surface area contributed by atoms with Crippen molar-refractivity contribution in [2.75, 3.05) is 11.9 Å². The Morgan fingerprint density at radius 3 is 2.40 bits per heavy atom. The number of pyridine rings is 1. The minimum atomic E-state index is -4.77. The van der Waals surface area contributed by atoms with Crippen LogP contribution in [-0.4, -0.2) is 27.7 Å². The molecular formula is C16H18F4N4O. The first kappa shape index (κ1) is 18.9. The van der Waals surface area contributed by atoms with Crippen molar-refractivity contribution in [3.8, 4) is 5.69 Å². The van der Waals surface area contributed by atoms with Crippen molar-refractivity contribution in [2.24, 2.45) is 5.41 Å². The molecule has 25 heavy (non-hydrogen) atoms. The highest BCUT2D eigenvalue weighted by Gasteiger charge is 2.39. The van der Waals surface area contributed by atoms with E-state index in [0.717, 1.165) is 28.0 Å². The van der Waals surface area contributed by atoms with Crippen LogP contribution in [0.3, 0.4) is 0 Å². The molecule has 0 bridgehead atoms. The molecule has 0 fully saturated rings. The molecule has 2 aromatic heterocycles. The third-order valence-corrected chi connectivity index (χ3v) is 3.34. The zero-order valence-corrected chi connectivity index (χ0v) is 14.2. The van der Waals surface area contributed by atoms with Crippen LogP contribution in [-0.2, 0) is 11.0 Å². The van der Waals surface area contributed by atoms with E-state index in [0.29, 0.717) is 0 Å². The molecule has 0 N–H and O–H groups in total. The van der Waals surface area contributed by atoms with Gasteiger partial charge in [-0.2, -0.15) is 18.3 Å². The van der Waals surface area contributed by atoms with Gasteiger partial charge in [0.1, 0.15) is 5.82 Å². The Balaban J connectivity index is 2.48. The molecule has 0 aromatic carbocycles. The lowest BCUT2D eigenvalue weighted by molar-refractivity contribution is -0.140. The van der Waals surface area contributed by atoms with Crippen molar-refractivity contribution in [1.29, 1.82) is 0 Å². The highest BCUT2D eigenvalue weighted by atomic mass is 19.4. The van der Waals surface area contributed by atoms with Crippen LogP contribution >= 0.6 is 0 Å². The Hall–Kier alpha value is -2.45. The van der Waals surface area contributed by atoms with Crippen LogP contribution in [0.15, 0.2) is 24.7 Å². The molecular weight excluding hydrogens is 340 g/mol. The molecule has 0 aliphatic rings. The van der Waals surface area contributed by atoms with Crippen molar-refractivity contribution in [3.63, 3.8) is 0 Å². The fourth-order valence-electron chi connectivity index (χ4n) is 2.18. The van der Waals surface area contributed by atoms with Gasteiger partial charge >= 0.3 is 6.18 Å². The van der Waals surface area contributed by atoms with Crippen molar-refractivity contribution in [3.05, 3.63) is 36.2 Å². The number of aromatic nitrogens is 3. The van der Waals surface area contributed by atoms with Crippen LogP contribution in [0.2, 0.25) is 0 Å². The predicted molar refractivity (Wildman–Crippen MR) is 83.8 cm³/mol. The number of hydrogen-bond donors (Lipinski definition) is 0. The lowest BCUT2D eigenvalue weighted by Crippen LogP contribution is -2.31. The van der Waals surface area contributed by atoms with Gasteiger partial charge in [0.25, 0.3) is 0 Å². The molecule has 0 atom stereocenters. The number of halogens is 4. The third-order valence-electron chi connectivity index (χ3n) is 3.34. The molecule has 0 spiro atoms. The molecule has 9 heteroatoms. The smallest absolute Gasteiger partial charge is 0.312 e. The Kier molecular flexibility index (Phi) is 4.87. The molecule has 2 aromatic rings. The molecule has 5 nitrogen and oxygen atoms in total. The van der Waals surface area contributed by atoms with E-state index in [-0.39, 0.29) is 17.5 Å². The minimum absolute atomic E-state index is 0.0217. The number of nitrogens with zero attached hydrogens (tertiary/aromatic N) is 4. The van der Waals surface area contributed by atoms with Gasteiger partial charge in [0.2, 0.25) is 5.91 Å². The van der Waals surface area contributed by atoms with E-state index in [1.54, 1.807) is 0 Å². The van der Waals surface area contributed by atoms with Crippen LogP contribution in [0.1, 0.15) is 32.9 Å². The summed E-state index contributed by atoms with van der Waals surface area (Å²) in [5.74, 6) is -1.19. The average molecular weight is 358 g/mol. The summed E-state index contributed by atoms with van der Waals surface area (Å²) in [6, 6.07) is 1.00. The Morgan fingerprint density at radius 2 is 1.88 bits per heavy atom. The van der Waals surface area contributed by atoms with Crippen LogP contribution in [0.4, 0.5) is 23.2 Å². The zero-order chi connectivity index (χ0) is 19.0. The molecule has 2 heterocycles. The summed E-state index contributed by atoms with van der Waals surface area (Å²) in [6.45, 7) is 5.43. The van der Waals surface area contributed by atoms with E-state index < -0.39 is 29.3 Å². The number of carbonyl (C=O) groups is 1. The summed E-state index contributed by atoms with van der Waals surface area (Å²) in [6.07, 6.45) is -1.56. The standard InChI is InChI=1S/C16H18F4N4O/c1-15(2,3)6-13(25)23(4)12-9-24(22-14(12)16(18,19)20)11-5-10(17)7-21-8-11/h5,7-9H,6H2,1-4H3. The second-order valence-electron chi connectivity index (χ2n) is 6.86. The minimum Gasteiger partial charge on any atom is -0.312 e. The van der Waals surface area contributed by atoms with Gasteiger partial charge in [0.05, 0.1) is 30.0 Å². The largest absolute Gasteiger partial charge is 0.437 e. The topological polar surface area (TPSA) is 51.0 Å². The molecule has 136 valence electrons. The number of rotatable bonds is 3. The van der Waals surface area contributed by atoms with Crippen LogP contribution in [0.5, 0.6) is 0 Å². The van der Waals surface area contributed by atoms with Gasteiger partial charge < -0.3 is 4.90 Å². The van der Waals surface area contributed by atoms with Crippen molar-refractivity contribution in [1.82, 2.24) is 14.8 Å². The van der Waals surface area contributed by atoms with Crippen LogP contribution in [0.25, 0.3) is 5.69 Å². The number of hydrogen-bond acceptors (Lipinski definition) is 3. The predicted octanol–water partition coefficient (Wildman–Crippen LogP) is 3.82. The van der Waals surface area contributed by atoms with Crippen molar-refractivity contribution >= 4 is 11.6 Å². The second kappa shape index (κ2) is 6.45. The van der Waals surface area contributed by atoms with Crippen molar-refractivity contribution < 1.29 is 22.4 Å². The maximum atomic E-state index is 13.3. The second-order valence-corrected chi connectivity index (χ2v) is 6.86. The Morgan fingerprint density at radius 1 is 1.24 bits per heavy atom. The van der Waals surface area contributed by atoms with Gasteiger partial charge in [-0.05, 0) is 5.41 Å². The number of anilines is 1. The van der Waals surface area contributed by atoms with Crippen LogP contribution in [0, 0.1) is 11.2 Å². The molecule has 2 rings (SSSR count). The molecule has 0 saturated carbocycles. The SMILES string of the molecule is CN(C(=O)CC(C)(C)C)c1cn(-c2cncc(F)c2)nc1C(F)(F)F. The average Bonchev–Trinajstić information content (AvgIpc) is 2.89. The van der Waals surface area contributed by atoms with Crippen molar-refractivity contribution in [2.45, 2.75) is 33.4 Å². The third kappa shape index (κ3) is 4.55. The van der Waals surface area contributed by atoms with E-state index in [9.17, 15) is 22.4 Å². The summed E-state index contributed by atoms with van der Waals surface area (Å²) >= 11 is 0. The number of carbonyl (C=O) groups excluding carboxylic acids is 1. The van der Waals surface area contributed by atoms with E-state index in [1.165, 1.54) is 13.2 Å². The molecule has 0 aliphatic heterocycles. The maximum Gasteiger partial charge on any atom is 0.437 e. The van der Waals surface area contributed by atoms with E-state index in [1.807, 2.05) is 20.8 Å². The van der Waals surface area contributed by atoms with Gasteiger partial charge in [0, 0.05) is 19.5 Å². The quantitative estimate of drug-likeness (QED) is 0.784. The van der Waals surface area contributed by atoms with Gasteiger partial charge in [-0.15, -0.1) is 0 Å². The maximum absolute atomic E-state index is 13.3. The summed E-state index contributed by atoms with van der Waals surface area (Å²) < 4.78 is 54.1. The zero-order valence-electron chi connectivity index (χ0n) is 14.2. The van der Waals surface area contributed by atoms with E-state index in [2.05, 4.69) is 10.1 Å². The van der Waals surface area contributed by atoms with Gasteiger partial charge in [-0.1, -0.05) is 20.8 Å². The monoisotopic (exact) mass is 358 g/mol. The molecule has 0 aliphatic carbocycles. The summed E-state index contributed by atoms with van der Waals surface area (Å²) in [7, 11) is 1.26. The Labute approximate surface area is 142 Å². The summed E-state index contributed by atoms with van der Waals surface area (Å²) in [5.41, 5.74) is -1.98. The molecule has 1 amide bonds. The summed E-state index contributed by atoms with van der Waals surface area (Å²) in [5, 5.41) is 3.48. The first-order chi connectivity index (χ1) is 11.4. The number of amides is 1. The molecule has 0 unspecified atom stereocenters. The lowest BCUT2D eigenvalue weighted by Gasteiger charge is -2.23. The lowest BCUT2D eigenvalue weighted by atomic mass is 9.91. The fraction of sp³-hybridized carbons (Fsp3) is 0.438. The first-order valence-corrected chi connectivity index (χ1v) is 7.43. The van der Waals surface area contributed by atoms with Gasteiger partial charge in [-0.3, -0.25) is 9.78 Å². The fourth-order valence-corrected chi connectivity index (χ4v) is 2.18. The molecule has 0 saturated heterocycles. The highest BCUT2D eigenvalue weighted by Crippen LogP contribution is 2.36. The van der Waals surface area contributed by atoms with E-state index >= 15 is 0 Å². The van der Waals surface area contributed by atoms with Gasteiger partial charge in [0.15, 0.2) is 5.69 Å². The highest BCUT2D eigenvalue weighted by molar-refractivity contribution is 5.93. The summed E-state index contributed by atoms with van der Waals surface area (Å²) in [4.78, 5) is 16.8. The van der Waals surface area contributed by atoms with E-state index in [4.69, 9.17) is 0 Å². The van der Waals surface area contributed by atoms with Crippen LogP contribution < -0.4 is 4.90 Å².